The minimum Gasteiger partial charge on any atom is -0.459 e. The van der Waals surface area contributed by atoms with E-state index in [-0.39, 0.29) is 6.42 Å². The van der Waals surface area contributed by atoms with Crippen LogP contribution < -0.4 is 0 Å². The monoisotopic (exact) mass is 534 g/mol. The number of phosphoric acid groups is 1. The van der Waals surface area contributed by atoms with Crippen molar-refractivity contribution in [3.63, 3.8) is 0 Å². The zero-order chi connectivity index (χ0) is 26.4. The summed E-state index contributed by atoms with van der Waals surface area (Å²) in [6, 6.07) is 0. The van der Waals surface area contributed by atoms with Crippen molar-refractivity contribution in [3.8, 4) is 0 Å². The van der Waals surface area contributed by atoms with Crippen LogP contribution in [-0.4, -0.2) is 86.6 Å². The molecule has 0 aromatic heterocycles. The molecule has 6 fully saturated rings. The predicted molar refractivity (Wildman–Crippen MR) is 109 cm³/mol. The van der Waals surface area contributed by atoms with Crippen molar-refractivity contribution < 1.29 is 67.2 Å². The van der Waals surface area contributed by atoms with Crippen molar-refractivity contribution in [2.45, 2.75) is 76.0 Å². The van der Waals surface area contributed by atoms with Crippen molar-refractivity contribution in [3.05, 3.63) is 0 Å². The number of ether oxygens (including phenoxy) is 5. The van der Waals surface area contributed by atoms with Crippen LogP contribution in [0.2, 0.25) is 0 Å². The number of aliphatic hydroxyl groups is 2. The van der Waals surface area contributed by atoms with E-state index in [1.54, 1.807) is 0 Å². The molecule has 4 aliphatic heterocycles. The normalized spacial score (nSPS) is 52.6. The van der Waals surface area contributed by atoms with Crippen LogP contribution in [-0.2, 0) is 47.2 Å². The van der Waals surface area contributed by atoms with Gasteiger partial charge in [-0.2, -0.15) is 0 Å². The number of carbonyl (C=O) groups excluding carboxylic acids is 3. The van der Waals surface area contributed by atoms with E-state index >= 15 is 0 Å². The van der Waals surface area contributed by atoms with Gasteiger partial charge in [0.25, 0.3) is 0 Å². The highest BCUT2D eigenvalue weighted by atomic mass is 31.2. The number of fused-ring (bicyclic) bond motifs is 1. The molecule has 0 amide bonds. The smallest absolute Gasteiger partial charge is 0.459 e. The fraction of sp³-hybridized carbons (Fsp3) is 0.857. The van der Waals surface area contributed by atoms with Gasteiger partial charge >= 0.3 is 25.7 Å². The number of aliphatic hydroxyl groups excluding tert-OH is 1. The van der Waals surface area contributed by atoms with Gasteiger partial charge in [-0.3, -0.25) is 9.32 Å². The second kappa shape index (κ2) is 6.67. The van der Waals surface area contributed by atoms with E-state index < -0.39 is 103 Å². The largest absolute Gasteiger partial charge is 0.471 e. The molecule has 2 aliphatic carbocycles. The third-order valence-corrected chi connectivity index (χ3v) is 9.88. The Balaban J connectivity index is 1.64. The fourth-order valence-electron chi connectivity index (χ4n) is 8.47. The predicted octanol–water partition coefficient (Wildman–Crippen LogP) is -1.28. The van der Waals surface area contributed by atoms with Crippen LogP contribution >= 0.6 is 7.82 Å². The standard InChI is InChI=1S/C21H27O14P/c1-7-13(23)33-12-11(30-6-31-36(27,28)29)19-9-5-8(17(2,3)4)18(19)10(22)14(24)34-16(18)35-21(19,15(25)32-9)20(7,12)26/h7-12,16,22,26H,5-6H2,1-4H3,(H2,27,28,29)/t7-,8+,9?,10+,11+,12?,16+,18?,19?,20-,21?/m1/s1. The summed E-state index contributed by atoms with van der Waals surface area (Å²) in [4.78, 5) is 57.5. The van der Waals surface area contributed by atoms with E-state index in [9.17, 15) is 38.9 Å². The molecule has 11 atom stereocenters. The van der Waals surface area contributed by atoms with Gasteiger partial charge in [-0.05, 0) is 24.7 Å². The van der Waals surface area contributed by atoms with Gasteiger partial charge in [-0.1, -0.05) is 20.8 Å². The molecule has 5 unspecified atom stereocenters. The maximum atomic E-state index is 13.7. The van der Waals surface area contributed by atoms with E-state index in [1.807, 2.05) is 20.8 Å². The quantitative estimate of drug-likeness (QED) is 0.144. The fourth-order valence-corrected chi connectivity index (χ4v) is 8.67. The molecule has 0 radical (unpaired) electrons. The summed E-state index contributed by atoms with van der Waals surface area (Å²) in [7, 11) is -5.02. The lowest BCUT2D eigenvalue weighted by Crippen LogP contribution is -2.67. The summed E-state index contributed by atoms with van der Waals surface area (Å²) in [5, 5.41) is 23.7. The number of rotatable bonds is 4. The molecule has 36 heavy (non-hydrogen) atoms. The molecule has 0 bridgehead atoms. The Morgan fingerprint density at radius 3 is 2.39 bits per heavy atom. The van der Waals surface area contributed by atoms with Crippen molar-refractivity contribution in [2.75, 3.05) is 6.79 Å². The molecule has 15 heteroatoms. The average molecular weight is 534 g/mol. The summed E-state index contributed by atoms with van der Waals surface area (Å²) < 4.78 is 44.6. The summed E-state index contributed by atoms with van der Waals surface area (Å²) >= 11 is 0. The molecule has 4 saturated heterocycles. The number of phosphoric ester groups is 1. The lowest BCUT2D eigenvalue weighted by molar-refractivity contribution is -0.241. The Morgan fingerprint density at radius 1 is 1.11 bits per heavy atom. The van der Waals surface area contributed by atoms with Crippen LogP contribution in [0.15, 0.2) is 0 Å². The second-order valence-corrected chi connectivity index (χ2v) is 12.8. The summed E-state index contributed by atoms with van der Waals surface area (Å²) in [6.45, 7) is 5.88. The van der Waals surface area contributed by atoms with Crippen LogP contribution in [0.1, 0.15) is 34.1 Å². The van der Waals surface area contributed by atoms with Gasteiger partial charge in [0, 0.05) is 0 Å². The Labute approximate surface area is 204 Å². The highest BCUT2D eigenvalue weighted by Crippen LogP contribution is 2.85. The molecular formula is C21H27O14P. The molecule has 2 saturated carbocycles. The highest BCUT2D eigenvalue weighted by molar-refractivity contribution is 7.46. The molecule has 14 nitrogen and oxygen atoms in total. The van der Waals surface area contributed by atoms with Gasteiger partial charge in [0.1, 0.15) is 12.2 Å². The van der Waals surface area contributed by atoms with Gasteiger partial charge in [0.15, 0.2) is 24.6 Å². The van der Waals surface area contributed by atoms with Gasteiger partial charge in [-0.25, -0.2) is 14.2 Å². The number of esters is 3. The first-order chi connectivity index (χ1) is 16.5. The minimum atomic E-state index is -5.02. The summed E-state index contributed by atoms with van der Waals surface area (Å²) in [5.74, 6) is -4.84. The average Bonchev–Trinajstić information content (AvgIpc) is 3.45. The van der Waals surface area contributed by atoms with Crippen LogP contribution in [0.25, 0.3) is 0 Å². The Morgan fingerprint density at radius 2 is 1.78 bits per heavy atom. The van der Waals surface area contributed by atoms with Crippen molar-refractivity contribution in [2.24, 2.45) is 28.1 Å². The first kappa shape index (κ1) is 24.7. The lowest BCUT2D eigenvalue weighted by atomic mass is 9.51. The zero-order valence-electron chi connectivity index (χ0n) is 19.8. The molecule has 200 valence electrons. The van der Waals surface area contributed by atoms with Crippen LogP contribution in [0.4, 0.5) is 0 Å². The molecule has 6 aliphatic rings. The maximum absolute atomic E-state index is 13.7. The molecule has 4 N–H and O–H groups in total. The molecular weight excluding hydrogens is 507 g/mol. The first-order valence-corrected chi connectivity index (χ1v) is 13.1. The SMILES string of the molecule is C[C@@H]1C(=O)OC2[C@H](OCOP(=O)(O)O)C34C5C[C@@H](C(C)(C)C)C36[C@@H](OC(=O)[C@@H]6O)OC4(C(=O)O5)[C@]21O. The van der Waals surface area contributed by atoms with Gasteiger partial charge < -0.3 is 43.7 Å². The Bertz CT molecular complexity index is 1130. The first-order valence-electron chi connectivity index (χ1n) is 11.5. The van der Waals surface area contributed by atoms with E-state index in [0.29, 0.717) is 0 Å². The van der Waals surface area contributed by atoms with E-state index in [4.69, 9.17) is 23.7 Å². The minimum absolute atomic E-state index is 0.120. The Hall–Kier alpha value is -1.64. The van der Waals surface area contributed by atoms with Crippen molar-refractivity contribution >= 4 is 25.7 Å². The lowest BCUT2D eigenvalue weighted by Gasteiger charge is -2.48. The van der Waals surface area contributed by atoms with Gasteiger partial charge in [0.05, 0.1) is 16.7 Å². The van der Waals surface area contributed by atoms with Crippen LogP contribution in [0, 0.1) is 28.1 Å². The van der Waals surface area contributed by atoms with Crippen LogP contribution in [0.3, 0.4) is 0 Å². The molecule has 0 aromatic rings. The van der Waals surface area contributed by atoms with E-state index in [2.05, 4.69) is 4.52 Å². The number of hydrogen-bond acceptors (Lipinski definition) is 12. The number of hydrogen-bond donors (Lipinski definition) is 4. The van der Waals surface area contributed by atoms with E-state index in [1.165, 1.54) is 6.92 Å². The zero-order valence-corrected chi connectivity index (χ0v) is 20.7. The van der Waals surface area contributed by atoms with Gasteiger partial charge in [0.2, 0.25) is 11.9 Å². The summed E-state index contributed by atoms with van der Waals surface area (Å²) in [5.41, 5.74) is -8.94. The molecule has 0 aromatic carbocycles. The second-order valence-electron chi connectivity index (χ2n) is 11.5. The third kappa shape index (κ3) is 2.23. The van der Waals surface area contributed by atoms with Crippen LogP contribution in [0.5, 0.6) is 0 Å². The highest BCUT2D eigenvalue weighted by Gasteiger charge is 3.04. The van der Waals surface area contributed by atoms with E-state index in [0.717, 1.165) is 0 Å². The Kier molecular flexibility index (Phi) is 4.57. The van der Waals surface area contributed by atoms with Crippen molar-refractivity contribution in [1.29, 1.82) is 0 Å². The topological polar surface area (TPSA) is 205 Å². The third-order valence-electron chi connectivity index (χ3n) is 9.43. The summed E-state index contributed by atoms with van der Waals surface area (Å²) in [6.07, 6.45) is -7.44. The molecule has 2 spiro atoms. The maximum Gasteiger partial charge on any atom is 0.471 e. The van der Waals surface area contributed by atoms with Gasteiger partial charge in [-0.15, -0.1) is 0 Å². The molecule has 4 heterocycles. The molecule has 6 rings (SSSR count). The van der Waals surface area contributed by atoms with Crippen molar-refractivity contribution in [1.82, 2.24) is 0 Å². The number of carbonyl (C=O) groups is 3.